The first-order valence-electron chi connectivity index (χ1n) is 4.07. The standard InChI is InChI=1S/C8H15Cl2NO/c1-6(2)5-11-8(12)4-3-7(9)10/h6-7H,3-5H2,1-2H3,(H,11,12). The van der Waals surface area contributed by atoms with E-state index in [2.05, 4.69) is 5.32 Å². The van der Waals surface area contributed by atoms with Gasteiger partial charge >= 0.3 is 0 Å². The quantitative estimate of drug-likeness (QED) is 0.696. The molecule has 0 radical (unpaired) electrons. The van der Waals surface area contributed by atoms with E-state index in [0.717, 1.165) is 0 Å². The van der Waals surface area contributed by atoms with Crippen LogP contribution in [0.2, 0.25) is 0 Å². The van der Waals surface area contributed by atoms with E-state index < -0.39 is 4.84 Å². The van der Waals surface area contributed by atoms with E-state index in [1.807, 2.05) is 13.8 Å². The van der Waals surface area contributed by atoms with Crippen LogP contribution in [0.5, 0.6) is 0 Å². The summed E-state index contributed by atoms with van der Waals surface area (Å²) in [5, 5.41) is 2.78. The fourth-order valence-electron chi connectivity index (χ4n) is 0.647. The number of carbonyl (C=O) groups is 1. The highest BCUT2D eigenvalue weighted by molar-refractivity contribution is 6.44. The number of rotatable bonds is 5. The normalized spacial score (nSPS) is 10.8. The zero-order chi connectivity index (χ0) is 9.56. The third-order valence-electron chi connectivity index (χ3n) is 1.30. The molecule has 4 heteroatoms. The maximum atomic E-state index is 11.0. The highest BCUT2D eigenvalue weighted by atomic mass is 35.5. The molecule has 0 aliphatic carbocycles. The molecule has 0 heterocycles. The summed E-state index contributed by atoms with van der Waals surface area (Å²) in [4.78, 5) is 10.6. The van der Waals surface area contributed by atoms with E-state index in [1.54, 1.807) is 0 Å². The van der Waals surface area contributed by atoms with Crippen LogP contribution in [0.4, 0.5) is 0 Å². The van der Waals surface area contributed by atoms with Gasteiger partial charge in [0.2, 0.25) is 5.91 Å². The molecule has 0 aliphatic rings. The summed E-state index contributed by atoms with van der Waals surface area (Å²) in [7, 11) is 0. The summed E-state index contributed by atoms with van der Waals surface area (Å²) < 4.78 is 0. The predicted octanol–water partition coefficient (Wildman–Crippen LogP) is 2.34. The number of hydrogen-bond acceptors (Lipinski definition) is 1. The molecule has 0 aliphatic heterocycles. The van der Waals surface area contributed by atoms with Crippen LogP contribution < -0.4 is 5.32 Å². The van der Waals surface area contributed by atoms with Crippen LogP contribution in [0.3, 0.4) is 0 Å². The lowest BCUT2D eigenvalue weighted by Gasteiger charge is -2.07. The van der Waals surface area contributed by atoms with Gasteiger partial charge in [-0.3, -0.25) is 4.79 Å². The van der Waals surface area contributed by atoms with Gasteiger partial charge in [-0.2, -0.15) is 0 Å². The molecule has 1 N–H and O–H groups in total. The van der Waals surface area contributed by atoms with Gasteiger partial charge in [0, 0.05) is 13.0 Å². The molecule has 0 aromatic rings. The molecule has 12 heavy (non-hydrogen) atoms. The molecule has 2 nitrogen and oxygen atoms in total. The largest absolute Gasteiger partial charge is 0.356 e. The summed E-state index contributed by atoms with van der Waals surface area (Å²) in [6.07, 6.45) is 0.928. The lowest BCUT2D eigenvalue weighted by molar-refractivity contribution is -0.121. The van der Waals surface area contributed by atoms with Crippen LogP contribution in [0.25, 0.3) is 0 Å². The Morgan fingerprint density at radius 3 is 2.42 bits per heavy atom. The van der Waals surface area contributed by atoms with Crippen molar-refractivity contribution in [2.75, 3.05) is 6.54 Å². The Balaban J connectivity index is 3.34. The number of nitrogens with one attached hydrogen (secondary N) is 1. The van der Waals surface area contributed by atoms with E-state index in [0.29, 0.717) is 25.3 Å². The van der Waals surface area contributed by atoms with Crippen molar-refractivity contribution in [2.45, 2.75) is 31.5 Å². The van der Waals surface area contributed by atoms with Crippen LogP contribution >= 0.6 is 23.2 Å². The minimum absolute atomic E-state index is 0.0231. The van der Waals surface area contributed by atoms with Crippen LogP contribution in [0.1, 0.15) is 26.7 Å². The molecule has 0 fully saturated rings. The van der Waals surface area contributed by atoms with Crippen LogP contribution in [-0.2, 0) is 4.79 Å². The Kier molecular flexibility index (Phi) is 6.58. The lowest BCUT2D eigenvalue weighted by Crippen LogP contribution is -2.27. The van der Waals surface area contributed by atoms with Gasteiger partial charge in [0.25, 0.3) is 0 Å². The Morgan fingerprint density at radius 2 is 2.00 bits per heavy atom. The average Bonchev–Trinajstić information content (AvgIpc) is 1.96. The molecule has 1 amide bonds. The number of hydrogen-bond donors (Lipinski definition) is 1. The van der Waals surface area contributed by atoms with Gasteiger partial charge in [-0.05, 0) is 12.3 Å². The molecule has 0 rings (SSSR count). The summed E-state index contributed by atoms with van der Waals surface area (Å²) >= 11 is 10.9. The Labute approximate surface area is 83.6 Å². The molecular weight excluding hydrogens is 197 g/mol. The van der Waals surface area contributed by atoms with E-state index in [-0.39, 0.29) is 5.91 Å². The number of halogens is 2. The molecule has 0 spiro atoms. The van der Waals surface area contributed by atoms with E-state index >= 15 is 0 Å². The third-order valence-corrected chi connectivity index (χ3v) is 1.73. The molecule has 0 saturated carbocycles. The number of carbonyl (C=O) groups excluding carboxylic acids is 1. The Bertz CT molecular complexity index is 123. The molecule has 0 atom stereocenters. The second-order valence-corrected chi connectivity index (χ2v) is 4.40. The topological polar surface area (TPSA) is 29.1 Å². The van der Waals surface area contributed by atoms with Gasteiger partial charge in [-0.15, -0.1) is 23.2 Å². The molecule has 0 aromatic carbocycles. The predicted molar refractivity (Wildman–Crippen MR) is 52.6 cm³/mol. The van der Waals surface area contributed by atoms with Gasteiger partial charge in [0.15, 0.2) is 0 Å². The van der Waals surface area contributed by atoms with Crippen molar-refractivity contribution < 1.29 is 4.79 Å². The van der Waals surface area contributed by atoms with Crippen molar-refractivity contribution in [1.82, 2.24) is 5.32 Å². The van der Waals surface area contributed by atoms with E-state index in [9.17, 15) is 4.79 Å². The zero-order valence-electron chi connectivity index (χ0n) is 7.44. The third kappa shape index (κ3) is 8.15. The molecule has 72 valence electrons. The van der Waals surface area contributed by atoms with Gasteiger partial charge < -0.3 is 5.32 Å². The van der Waals surface area contributed by atoms with Gasteiger partial charge in [-0.1, -0.05) is 13.8 Å². The maximum absolute atomic E-state index is 11.0. The van der Waals surface area contributed by atoms with Crippen LogP contribution in [0, 0.1) is 5.92 Å². The smallest absolute Gasteiger partial charge is 0.220 e. The van der Waals surface area contributed by atoms with E-state index in [1.165, 1.54) is 0 Å². The summed E-state index contributed by atoms with van der Waals surface area (Å²) in [5.41, 5.74) is 0. The summed E-state index contributed by atoms with van der Waals surface area (Å²) in [6, 6.07) is 0. The van der Waals surface area contributed by atoms with Crippen LogP contribution in [-0.4, -0.2) is 17.3 Å². The van der Waals surface area contributed by atoms with Crippen molar-refractivity contribution in [1.29, 1.82) is 0 Å². The lowest BCUT2D eigenvalue weighted by atomic mass is 10.2. The van der Waals surface area contributed by atoms with Crippen molar-refractivity contribution in [3.63, 3.8) is 0 Å². The van der Waals surface area contributed by atoms with Crippen LogP contribution in [0.15, 0.2) is 0 Å². The highest BCUT2D eigenvalue weighted by Gasteiger charge is 2.05. The summed E-state index contributed by atoms with van der Waals surface area (Å²) in [6.45, 7) is 4.81. The van der Waals surface area contributed by atoms with Crippen molar-refractivity contribution in [2.24, 2.45) is 5.92 Å². The minimum atomic E-state index is -0.435. The minimum Gasteiger partial charge on any atom is -0.356 e. The molecule has 0 aromatic heterocycles. The molecule has 0 unspecified atom stereocenters. The van der Waals surface area contributed by atoms with Crippen molar-refractivity contribution >= 4 is 29.1 Å². The zero-order valence-corrected chi connectivity index (χ0v) is 8.95. The summed E-state index contributed by atoms with van der Waals surface area (Å²) in [5.74, 6) is 0.506. The van der Waals surface area contributed by atoms with Crippen molar-refractivity contribution in [3.8, 4) is 0 Å². The monoisotopic (exact) mass is 211 g/mol. The first kappa shape index (κ1) is 12.0. The fourth-order valence-corrected chi connectivity index (χ4v) is 0.865. The first-order chi connectivity index (χ1) is 5.52. The molecular formula is C8H15Cl2NO. The highest BCUT2D eigenvalue weighted by Crippen LogP contribution is 2.08. The van der Waals surface area contributed by atoms with Crippen molar-refractivity contribution in [3.05, 3.63) is 0 Å². The van der Waals surface area contributed by atoms with Gasteiger partial charge in [0.05, 0.1) is 0 Å². The molecule has 0 bridgehead atoms. The maximum Gasteiger partial charge on any atom is 0.220 e. The van der Waals surface area contributed by atoms with Gasteiger partial charge in [0.1, 0.15) is 4.84 Å². The number of alkyl halides is 2. The molecule has 0 saturated heterocycles. The second kappa shape index (κ2) is 6.55. The average molecular weight is 212 g/mol. The Morgan fingerprint density at radius 1 is 1.42 bits per heavy atom. The SMILES string of the molecule is CC(C)CNC(=O)CCC(Cl)Cl. The van der Waals surface area contributed by atoms with E-state index in [4.69, 9.17) is 23.2 Å². The second-order valence-electron chi connectivity index (χ2n) is 3.13. The number of amides is 1. The first-order valence-corrected chi connectivity index (χ1v) is 4.94. The van der Waals surface area contributed by atoms with Gasteiger partial charge in [-0.25, -0.2) is 0 Å². The Hall–Kier alpha value is 0.0500. The fraction of sp³-hybridized carbons (Fsp3) is 0.875.